The zero-order valence-corrected chi connectivity index (χ0v) is 13.1. The first-order chi connectivity index (χ1) is 10.4. The van der Waals surface area contributed by atoms with Gasteiger partial charge in [0.05, 0.1) is 5.88 Å². The largest absolute Gasteiger partial charge is 0.365 e. The minimum atomic E-state index is -2.41. The number of aliphatic hydroxyl groups is 2. The highest BCUT2D eigenvalue weighted by Gasteiger charge is 2.20. The average Bonchev–Trinajstić information content (AvgIpc) is 2.44. The number of rotatable bonds is 4. The molecular formula is C17H19NO3S. The summed E-state index contributed by atoms with van der Waals surface area (Å²) in [6.07, 6.45) is 3.76. The van der Waals surface area contributed by atoms with Crippen LogP contribution in [0.1, 0.15) is 12.5 Å². The first-order valence-electron chi connectivity index (χ1n) is 7.09. The fraction of sp³-hybridized carbons (Fsp3) is 0.235. The molecule has 0 aliphatic carbocycles. The van der Waals surface area contributed by atoms with Gasteiger partial charge in [0.25, 0.3) is 0 Å². The van der Waals surface area contributed by atoms with Crippen LogP contribution in [0.4, 0.5) is 0 Å². The molecule has 1 aliphatic rings. The van der Waals surface area contributed by atoms with Crippen molar-refractivity contribution in [1.29, 1.82) is 0 Å². The van der Waals surface area contributed by atoms with Crippen LogP contribution in [-0.4, -0.2) is 38.0 Å². The molecule has 1 aliphatic heterocycles. The van der Waals surface area contributed by atoms with Crippen molar-refractivity contribution in [2.24, 2.45) is 0 Å². The molecule has 1 atom stereocenters. The number of hydrogen-bond acceptors (Lipinski definition) is 4. The van der Waals surface area contributed by atoms with Gasteiger partial charge in [0.15, 0.2) is 5.79 Å². The normalized spacial score (nSPS) is 20.7. The Labute approximate surface area is 130 Å². The molecule has 0 saturated heterocycles. The van der Waals surface area contributed by atoms with Crippen LogP contribution in [0.3, 0.4) is 0 Å². The monoisotopic (exact) mass is 317 g/mol. The molecule has 4 nitrogen and oxygen atoms in total. The topological polar surface area (TPSA) is 69.6 Å². The molecule has 0 bridgehead atoms. The lowest BCUT2D eigenvalue weighted by atomic mass is 10.1. The van der Waals surface area contributed by atoms with Crippen LogP contribution >= 0.6 is 0 Å². The van der Waals surface area contributed by atoms with E-state index in [-0.39, 0.29) is 12.4 Å². The minimum Gasteiger partial charge on any atom is -0.365 e. The Morgan fingerprint density at radius 1 is 1.18 bits per heavy atom. The van der Waals surface area contributed by atoms with E-state index >= 15 is 0 Å². The highest BCUT2D eigenvalue weighted by molar-refractivity contribution is 8.01. The Bertz CT molecular complexity index is 856. The van der Waals surface area contributed by atoms with Gasteiger partial charge in [-0.2, -0.15) is 0 Å². The lowest BCUT2D eigenvalue weighted by molar-refractivity contribution is -0.139. The van der Waals surface area contributed by atoms with E-state index in [0.717, 1.165) is 21.2 Å². The van der Waals surface area contributed by atoms with Crippen LogP contribution in [0, 0.1) is 0 Å². The van der Waals surface area contributed by atoms with Gasteiger partial charge in [0.2, 0.25) is 0 Å². The molecule has 0 saturated carbocycles. The van der Waals surface area contributed by atoms with E-state index < -0.39 is 15.3 Å². The molecule has 0 fully saturated rings. The molecule has 3 N–H and O–H groups in total. The molecular weight excluding hydrogens is 298 g/mol. The summed E-state index contributed by atoms with van der Waals surface area (Å²) in [6.45, 7) is 1.25. The highest BCUT2D eigenvalue weighted by Crippen LogP contribution is 2.27. The first kappa shape index (κ1) is 15.2. The van der Waals surface area contributed by atoms with Crippen LogP contribution in [-0.2, 0) is 9.52 Å². The summed E-state index contributed by atoms with van der Waals surface area (Å²) in [5.74, 6) is -1.63. The third kappa shape index (κ3) is 3.08. The van der Waals surface area contributed by atoms with Gasteiger partial charge in [-0.15, -0.1) is 0 Å². The molecule has 0 spiro atoms. The van der Waals surface area contributed by atoms with Crippen LogP contribution < -0.4 is 5.32 Å². The van der Waals surface area contributed by atoms with E-state index in [1.54, 1.807) is 11.4 Å². The van der Waals surface area contributed by atoms with E-state index in [4.69, 9.17) is 0 Å². The van der Waals surface area contributed by atoms with Gasteiger partial charge in [-0.05, 0) is 40.8 Å². The first-order valence-corrected chi connectivity index (χ1v) is 8.88. The average molecular weight is 317 g/mol. The predicted molar refractivity (Wildman–Crippen MR) is 91.2 cm³/mol. The second-order valence-corrected chi connectivity index (χ2v) is 8.20. The van der Waals surface area contributed by atoms with E-state index in [1.807, 2.05) is 42.5 Å². The summed E-state index contributed by atoms with van der Waals surface area (Å²) in [5.41, 5.74) is 0.948. The number of benzene rings is 2. The molecule has 0 amide bonds. The molecule has 1 heterocycles. The summed E-state index contributed by atoms with van der Waals surface area (Å²) in [5, 5.41) is 25.4. The van der Waals surface area contributed by atoms with Gasteiger partial charge >= 0.3 is 0 Å². The Hall–Kier alpha value is -1.66. The quantitative estimate of drug-likeness (QED) is 0.591. The SMILES string of the molecule is CC(O)(O)CNCS1(=O)=CC=Cc2cc3ccccc3cc21. The fourth-order valence-electron chi connectivity index (χ4n) is 2.57. The highest BCUT2D eigenvalue weighted by atomic mass is 32.2. The maximum Gasteiger partial charge on any atom is 0.172 e. The molecule has 3 rings (SSSR count). The summed E-state index contributed by atoms with van der Waals surface area (Å²) in [7, 11) is -2.41. The second-order valence-electron chi connectivity index (χ2n) is 5.75. The molecule has 116 valence electrons. The fourth-order valence-corrected chi connectivity index (χ4v) is 4.56. The predicted octanol–water partition coefficient (Wildman–Crippen LogP) is 1.56. The third-order valence-electron chi connectivity index (χ3n) is 3.60. The van der Waals surface area contributed by atoms with Crippen molar-refractivity contribution in [2.45, 2.75) is 17.6 Å². The van der Waals surface area contributed by atoms with Gasteiger partial charge in [-0.3, -0.25) is 4.21 Å². The Balaban J connectivity index is 1.98. The molecule has 0 radical (unpaired) electrons. The molecule has 2 aromatic carbocycles. The van der Waals surface area contributed by atoms with Crippen molar-refractivity contribution in [2.75, 3.05) is 12.4 Å². The zero-order chi connectivity index (χ0) is 15.8. The van der Waals surface area contributed by atoms with Crippen molar-refractivity contribution < 1.29 is 14.4 Å². The van der Waals surface area contributed by atoms with Crippen LogP contribution in [0.25, 0.3) is 16.8 Å². The summed E-state index contributed by atoms with van der Waals surface area (Å²) < 4.78 is 13.2. The Morgan fingerprint density at radius 2 is 1.86 bits per heavy atom. The van der Waals surface area contributed by atoms with Crippen LogP contribution in [0.15, 0.2) is 47.4 Å². The smallest absolute Gasteiger partial charge is 0.172 e. The van der Waals surface area contributed by atoms with E-state index in [9.17, 15) is 14.4 Å². The maximum atomic E-state index is 13.2. The van der Waals surface area contributed by atoms with Crippen molar-refractivity contribution in [3.8, 4) is 0 Å². The number of allylic oxidation sites excluding steroid dienone is 1. The molecule has 0 aromatic heterocycles. The molecule has 5 heteroatoms. The third-order valence-corrected chi connectivity index (χ3v) is 5.93. The van der Waals surface area contributed by atoms with Gasteiger partial charge in [-0.1, -0.05) is 36.4 Å². The van der Waals surface area contributed by atoms with Gasteiger partial charge in [0.1, 0.15) is 0 Å². The van der Waals surface area contributed by atoms with Crippen molar-refractivity contribution in [3.63, 3.8) is 0 Å². The summed E-state index contributed by atoms with van der Waals surface area (Å²) in [6, 6.07) is 12.0. The Morgan fingerprint density at radius 3 is 2.55 bits per heavy atom. The summed E-state index contributed by atoms with van der Waals surface area (Å²) >= 11 is 0. The van der Waals surface area contributed by atoms with E-state index in [0.29, 0.717) is 0 Å². The van der Waals surface area contributed by atoms with Crippen LogP contribution in [0.5, 0.6) is 0 Å². The standard InChI is InChI=1S/C17H19NO3S/c1-17(19,20)11-18-12-22(21)8-4-7-15-9-13-5-2-3-6-14(13)10-16(15)22/h2-10,18-20H,11-12H2,1H3. The molecule has 1 unspecified atom stereocenters. The number of hydrogen-bond donors (Lipinski definition) is 3. The van der Waals surface area contributed by atoms with Crippen LogP contribution in [0.2, 0.25) is 0 Å². The zero-order valence-electron chi connectivity index (χ0n) is 12.3. The minimum absolute atomic E-state index is 0.0372. The second kappa shape index (κ2) is 5.52. The van der Waals surface area contributed by atoms with E-state index in [1.165, 1.54) is 6.92 Å². The number of nitrogens with one attached hydrogen (secondary N) is 1. The van der Waals surface area contributed by atoms with Crippen molar-refractivity contribution in [1.82, 2.24) is 5.32 Å². The molecule has 2 aromatic rings. The Kier molecular flexibility index (Phi) is 3.82. The van der Waals surface area contributed by atoms with E-state index in [2.05, 4.69) is 5.32 Å². The molecule has 22 heavy (non-hydrogen) atoms. The van der Waals surface area contributed by atoms with Crippen molar-refractivity contribution in [3.05, 3.63) is 48.0 Å². The lowest BCUT2D eigenvalue weighted by Gasteiger charge is -2.21. The summed E-state index contributed by atoms with van der Waals surface area (Å²) in [4.78, 5) is 0.791. The number of fused-ring (bicyclic) bond motifs is 2. The lowest BCUT2D eigenvalue weighted by Crippen LogP contribution is -2.39. The van der Waals surface area contributed by atoms with Crippen molar-refractivity contribution >= 4 is 31.7 Å². The van der Waals surface area contributed by atoms with Gasteiger partial charge < -0.3 is 15.5 Å². The van der Waals surface area contributed by atoms with Gasteiger partial charge in [0, 0.05) is 21.0 Å². The maximum absolute atomic E-state index is 13.2. The van der Waals surface area contributed by atoms with Gasteiger partial charge in [-0.25, -0.2) is 0 Å².